The van der Waals surface area contributed by atoms with Crippen molar-refractivity contribution in [2.24, 2.45) is 0 Å². The Morgan fingerprint density at radius 1 is 0.657 bits per heavy atom. The molecule has 0 aliphatic heterocycles. The van der Waals surface area contributed by atoms with E-state index in [0.29, 0.717) is 13.0 Å². The van der Waals surface area contributed by atoms with Crippen LogP contribution in [0.25, 0.3) is 0 Å². The van der Waals surface area contributed by atoms with Gasteiger partial charge in [-0.1, -0.05) is 0 Å². The highest BCUT2D eigenvalue weighted by Gasteiger charge is 2.20. The van der Waals surface area contributed by atoms with Gasteiger partial charge >= 0.3 is 18.3 Å². The summed E-state index contributed by atoms with van der Waals surface area (Å²) in [6, 6.07) is 0.0330. The Morgan fingerprint density at radius 2 is 1.11 bits per heavy atom. The molecule has 0 aliphatic rings. The number of ether oxygens (including phenoxy) is 3. The molecular formula is C25H50N4O6. The average molecular weight is 503 g/mol. The fourth-order valence-electron chi connectivity index (χ4n) is 3.31. The third kappa shape index (κ3) is 20.8. The minimum Gasteiger partial charge on any atom is -0.446 e. The Kier molecular flexibility index (Phi) is 14.7. The largest absolute Gasteiger partial charge is 0.446 e. The van der Waals surface area contributed by atoms with E-state index in [2.05, 4.69) is 28.2 Å². The number of amides is 3. The molecule has 206 valence electrons. The summed E-state index contributed by atoms with van der Waals surface area (Å²) in [4.78, 5) is 35.6. The lowest BCUT2D eigenvalue weighted by molar-refractivity contribution is 0.0478. The van der Waals surface area contributed by atoms with Crippen LogP contribution in [0.3, 0.4) is 0 Å². The van der Waals surface area contributed by atoms with Gasteiger partial charge in [-0.05, 0) is 95.0 Å². The lowest BCUT2D eigenvalue weighted by atomic mass is 10.1. The molecule has 35 heavy (non-hydrogen) atoms. The summed E-state index contributed by atoms with van der Waals surface area (Å²) in [6.07, 6.45) is 1.26. The van der Waals surface area contributed by atoms with Crippen molar-refractivity contribution in [1.82, 2.24) is 21.3 Å². The number of alkyl carbamates (subject to hydrolysis) is 3. The predicted molar refractivity (Wildman–Crippen MR) is 138 cm³/mol. The molecule has 10 nitrogen and oxygen atoms in total. The Balaban J connectivity index is 3.91. The van der Waals surface area contributed by atoms with Crippen LogP contribution in [-0.4, -0.2) is 66.8 Å². The Morgan fingerprint density at radius 3 is 1.60 bits per heavy atom. The van der Waals surface area contributed by atoms with E-state index in [1.807, 2.05) is 34.6 Å². The van der Waals surface area contributed by atoms with Crippen molar-refractivity contribution in [1.29, 1.82) is 0 Å². The number of hydrogen-bond acceptors (Lipinski definition) is 7. The number of rotatable bonds is 13. The van der Waals surface area contributed by atoms with Gasteiger partial charge in [0.2, 0.25) is 0 Å². The number of unbranched alkanes of at least 4 members (excludes halogenated alkanes) is 1. The van der Waals surface area contributed by atoms with Crippen LogP contribution in [0.2, 0.25) is 0 Å². The monoisotopic (exact) mass is 502 g/mol. The maximum Gasteiger partial charge on any atom is 0.407 e. The molecule has 0 aromatic heterocycles. The van der Waals surface area contributed by atoms with E-state index >= 15 is 0 Å². The molecule has 3 amide bonds. The van der Waals surface area contributed by atoms with E-state index in [1.54, 1.807) is 27.7 Å². The molecule has 4 N–H and O–H groups in total. The summed E-state index contributed by atoms with van der Waals surface area (Å²) in [5.74, 6) is 0. The summed E-state index contributed by atoms with van der Waals surface area (Å²) in [5, 5.41) is 11.8. The summed E-state index contributed by atoms with van der Waals surface area (Å²) in [7, 11) is 0. The summed E-state index contributed by atoms with van der Waals surface area (Å²) in [6.45, 7) is 19.9. The molecule has 0 aromatic carbocycles. The van der Waals surface area contributed by atoms with E-state index in [-0.39, 0.29) is 24.2 Å². The first-order valence-electron chi connectivity index (χ1n) is 12.6. The van der Waals surface area contributed by atoms with Gasteiger partial charge in [-0.15, -0.1) is 0 Å². The second-order valence-electron chi connectivity index (χ2n) is 11.3. The highest BCUT2D eigenvalue weighted by atomic mass is 16.6. The van der Waals surface area contributed by atoms with Crippen molar-refractivity contribution < 1.29 is 28.6 Å². The van der Waals surface area contributed by atoms with E-state index < -0.39 is 29.5 Å². The van der Waals surface area contributed by atoms with Crippen LogP contribution in [0, 0.1) is 0 Å². The first-order valence-corrected chi connectivity index (χ1v) is 12.6. The molecule has 0 bridgehead atoms. The zero-order valence-electron chi connectivity index (χ0n) is 23.5. The smallest absolute Gasteiger partial charge is 0.407 e. The van der Waals surface area contributed by atoms with Gasteiger partial charge in [0.25, 0.3) is 0 Å². The molecule has 10 heteroatoms. The highest BCUT2D eigenvalue weighted by molar-refractivity contribution is 5.68. The number of carbonyl (C=O) groups is 3. The zero-order valence-corrected chi connectivity index (χ0v) is 23.5. The normalized spacial score (nSPS) is 15.3. The van der Waals surface area contributed by atoms with Gasteiger partial charge in [-0.3, -0.25) is 0 Å². The third-order valence-corrected chi connectivity index (χ3v) is 4.59. The Labute approximate surface area is 212 Å². The third-order valence-electron chi connectivity index (χ3n) is 4.59. The molecule has 0 aromatic rings. The van der Waals surface area contributed by atoms with Crippen molar-refractivity contribution in [3.8, 4) is 0 Å². The SMILES string of the molecule is CC(CC(C)NC(=O)OC(C)(C)C)NCCCCNC(=O)OC(C)CC(C)NC(=O)OC(C)(C)C. The van der Waals surface area contributed by atoms with Gasteiger partial charge in [-0.2, -0.15) is 0 Å². The first-order chi connectivity index (χ1) is 16.0. The van der Waals surface area contributed by atoms with Gasteiger partial charge in [0.1, 0.15) is 17.3 Å². The maximum atomic E-state index is 12.0. The minimum absolute atomic E-state index is 0.00664. The van der Waals surface area contributed by atoms with Crippen molar-refractivity contribution in [2.45, 2.75) is 130 Å². The van der Waals surface area contributed by atoms with Crippen molar-refractivity contribution in [3.63, 3.8) is 0 Å². The van der Waals surface area contributed by atoms with Gasteiger partial charge in [0.15, 0.2) is 0 Å². The van der Waals surface area contributed by atoms with E-state index in [1.165, 1.54) is 0 Å². The molecule has 0 saturated heterocycles. The fourth-order valence-corrected chi connectivity index (χ4v) is 3.31. The quantitative estimate of drug-likeness (QED) is 0.216. The molecule has 4 atom stereocenters. The molecule has 0 heterocycles. The zero-order chi connectivity index (χ0) is 27.2. The van der Waals surface area contributed by atoms with Crippen LogP contribution in [-0.2, 0) is 14.2 Å². The molecular weight excluding hydrogens is 452 g/mol. The number of hydrogen-bond donors (Lipinski definition) is 4. The van der Waals surface area contributed by atoms with Gasteiger partial charge in [0.05, 0.1) is 0 Å². The van der Waals surface area contributed by atoms with Gasteiger partial charge < -0.3 is 35.5 Å². The maximum absolute atomic E-state index is 12.0. The van der Waals surface area contributed by atoms with Crippen molar-refractivity contribution in [2.75, 3.05) is 13.1 Å². The predicted octanol–water partition coefficient (Wildman–Crippen LogP) is 4.47. The lowest BCUT2D eigenvalue weighted by Gasteiger charge is -2.23. The Hall–Kier alpha value is -2.23. The summed E-state index contributed by atoms with van der Waals surface area (Å²) >= 11 is 0. The first kappa shape index (κ1) is 32.8. The van der Waals surface area contributed by atoms with Crippen LogP contribution in [0.5, 0.6) is 0 Å². The summed E-state index contributed by atoms with van der Waals surface area (Å²) in [5.41, 5.74) is -1.07. The van der Waals surface area contributed by atoms with Crippen LogP contribution >= 0.6 is 0 Å². The van der Waals surface area contributed by atoms with E-state index in [9.17, 15) is 14.4 Å². The topological polar surface area (TPSA) is 127 Å². The Bertz CT molecular complexity index is 645. The molecule has 0 saturated carbocycles. The van der Waals surface area contributed by atoms with Crippen LogP contribution in [0.4, 0.5) is 14.4 Å². The molecule has 0 spiro atoms. The van der Waals surface area contributed by atoms with Gasteiger partial charge in [0, 0.05) is 31.1 Å². The second-order valence-corrected chi connectivity index (χ2v) is 11.3. The number of carbonyl (C=O) groups excluding carboxylic acids is 3. The average Bonchev–Trinajstić information content (AvgIpc) is 2.60. The number of nitrogens with one attached hydrogen (secondary N) is 4. The van der Waals surface area contributed by atoms with Crippen LogP contribution in [0.15, 0.2) is 0 Å². The standard InChI is InChI=1S/C25H50N4O6/c1-17(15-18(2)28-22(31)34-24(5,6)7)26-13-11-12-14-27-21(30)33-20(4)16-19(3)29-23(32)35-25(8,9)10/h17-20,26H,11-16H2,1-10H3,(H,27,30)(H,28,31)(H,29,32). The molecule has 0 rings (SSSR count). The van der Waals surface area contributed by atoms with Crippen molar-refractivity contribution in [3.05, 3.63) is 0 Å². The lowest BCUT2D eigenvalue weighted by Crippen LogP contribution is -2.41. The minimum atomic E-state index is -0.559. The molecule has 0 radical (unpaired) electrons. The second kappa shape index (κ2) is 15.7. The molecule has 4 unspecified atom stereocenters. The molecule has 0 fully saturated rings. The van der Waals surface area contributed by atoms with Crippen LogP contribution < -0.4 is 21.3 Å². The van der Waals surface area contributed by atoms with E-state index in [0.717, 1.165) is 25.8 Å². The highest BCUT2D eigenvalue weighted by Crippen LogP contribution is 2.09. The van der Waals surface area contributed by atoms with Crippen LogP contribution in [0.1, 0.15) is 94.9 Å². The van der Waals surface area contributed by atoms with Gasteiger partial charge in [-0.25, -0.2) is 14.4 Å². The van der Waals surface area contributed by atoms with Crippen molar-refractivity contribution >= 4 is 18.3 Å². The fraction of sp³-hybridized carbons (Fsp3) is 0.880. The van der Waals surface area contributed by atoms with E-state index in [4.69, 9.17) is 14.2 Å². The summed E-state index contributed by atoms with van der Waals surface area (Å²) < 4.78 is 15.8. The molecule has 0 aliphatic carbocycles.